The summed E-state index contributed by atoms with van der Waals surface area (Å²) in [6.07, 6.45) is 1.90. The summed E-state index contributed by atoms with van der Waals surface area (Å²) < 4.78 is 26.5. The second-order valence-electron chi connectivity index (χ2n) is 4.97. The van der Waals surface area contributed by atoms with E-state index in [2.05, 4.69) is 5.32 Å². The minimum atomic E-state index is -1.59. The summed E-state index contributed by atoms with van der Waals surface area (Å²) in [6.45, 7) is 3.02. The molecule has 2 unspecified atom stereocenters. The lowest BCUT2D eigenvalue weighted by molar-refractivity contribution is -0.125. The standard InChI is InChI=1S/C14H19F2NO2S/c1-9(7-20-3)13(18)17-8-14(2,19)11-5-4-10(15)6-12(11)16/h4-6,9,19H,7-8H2,1-3H3,(H,17,18). The number of hydrogen-bond donors (Lipinski definition) is 2. The largest absolute Gasteiger partial charge is 0.383 e. The zero-order valence-corrected chi connectivity index (χ0v) is 12.6. The normalized spacial score (nSPS) is 15.5. The molecule has 0 aliphatic rings. The zero-order valence-electron chi connectivity index (χ0n) is 11.7. The first-order chi connectivity index (χ1) is 9.27. The molecule has 0 aromatic heterocycles. The molecule has 0 heterocycles. The van der Waals surface area contributed by atoms with Gasteiger partial charge in [0.05, 0.1) is 6.54 Å². The van der Waals surface area contributed by atoms with Gasteiger partial charge in [-0.15, -0.1) is 0 Å². The van der Waals surface area contributed by atoms with Crippen molar-refractivity contribution in [1.82, 2.24) is 5.32 Å². The van der Waals surface area contributed by atoms with Crippen molar-refractivity contribution in [1.29, 1.82) is 0 Å². The van der Waals surface area contributed by atoms with E-state index in [0.717, 1.165) is 6.07 Å². The highest BCUT2D eigenvalue weighted by Gasteiger charge is 2.28. The van der Waals surface area contributed by atoms with E-state index in [1.807, 2.05) is 6.26 Å². The van der Waals surface area contributed by atoms with Crippen LogP contribution < -0.4 is 5.32 Å². The molecule has 0 fully saturated rings. The number of nitrogens with one attached hydrogen (secondary N) is 1. The first-order valence-corrected chi connectivity index (χ1v) is 7.62. The summed E-state index contributed by atoms with van der Waals surface area (Å²) in [5.41, 5.74) is -1.64. The molecule has 0 saturated carbocycles. The summed E-state index contributed by atoms with van der Waals surface area (Å²) in [4.78, 5) is 11.8. The fraction of sp³-hybridized carbons (Fsp3) is 0.500. The Labute approximate surface area is 121 Å². The van der Waals surface area contributed by atoms with Crippen LogP contribution >= 0.6 is 11.8 Å². The lowest BCUT2D eigenvalue weighted by atomic mass is 9.95. The van der Waals surface area contributed by atoms with Crippen molar-refractivity contribution in [2.75, 3.05) is 18.6 Å². The number of amides is 1. The van der Waals surface area contributed by atoms with Crippen LogP contribution in [-0.2, 0) is 10.4 Å². The van der Waals surface area contributed by atoms with E-state index >= 15 is 0 Å². The molecule has 0 aliphatic heterocycles. The average molecular weight is 303 g/mol. The smallest absolute Gasteiger partial charge is 0.223 e. The first-order valence-electron chi connectivity index (χ1n) is 6.22. The molecule has 1 amide bonds. The Morgan fingerprint density at radius 1 is 1.50 bits per heavy atom. The van der Waals surface area contributed by atoms with Gasteiger partial charge in [0.25, 0.3) is 0 Å². The predicted octanol–water partition coefficient (Wildman–Crippen LogP) is 2.29. The van der Waals surface area contributed by atoms with Gasteiger partial charge >= 0.3 is 0 Å². The van der Waals surface area contributed by atoms with E-state index in [-0.39, 0.29) is 23.9 Å². The monoisotopic (exact) mass is 303 g/mol. The molecule has 20 heavy (non-hydrogen) atoms. The highest BCUT2D eigenvalue weighted by atomic mass is 32.2. The van der Waals surface area contributed by atoms with E-state index < -0.39 is 17.2 Å². The summed E-state index contributed by atoms with van der Waals surface area (Å²) in [5.74, 6) is -1.28. The molecule has 0 bridgehead atoms. The van der Waals surface area contributed by atoms with Crippen molar-refractivity contribution < 1.29 is 18.7 Å². The molecule has 1 aromatic rings. The number of carbonyl (C=O) groups excluding carboxylic acids is 1. The summed E-state index contributed by atoms with van der Waals surface area (Å²) in [5, 5.41) is 12.8. The summed E-state index contributed by atoms with van der Waals surface area (Å²) >= 11 is 1.55. The highest BCUT2D eigenvalue weighted by molar-refractivity contribution is 7.98. The van der Waals surface area contributed by atoms with Crippen LogP contribution in [0.5, 0.6) is 0 Å². The van der Waals surface area contributed by atoms with Gasteiger partial charge in [0, 0.05) is 23.3 Å². The van der Waals surface area contributed by atoms with Gasteiger partial charge in [-0.1, -0.05) is 13.0 Å². The van der Waals surface area contributed by atoms with Gasteiger partial charge in [-0.25, -0.2) is 8.78 Å². The SMILES string of the molecule is CSCC(C)C(=O)NCC(C)(O)c1ccc(F)cc1F. The Morgan fingerprint density at radius 2 is 2.15 bits per heavy atom. The predicted molar refractivity (Wildman–Crippen MR) is 76.5 cm³/mol. The fourth-order valence-corrected chi connectivity index (χ4v) is 2.43. The molecule has 0 aliphatic carbocycles. The quantitative estimate of drug-likeness (QED) is 0.848. The number of carbonyl (C=O) groups is 1. The van der Waals surface area contributed by atoms with Crippen molar-refractivity contribution in [3.63, 3.8) is 0 Å². The molecule has 112 valence electrons. The number of aliphatic hydroxyl groups is 1. The highest BCUT2D eigenvalue weighted by Crippen LogP contribution is 2.23. The van der Waals surface area contributed by atoms with Gasteiger partial charge in [-0.3, -0.25) is 4.79 Å². The summed E-state index contributed by atoms with van der Waals surface area (Å²) in [7, 11) is 0. The molecule has 2 N–H and O–H groups in total. The van der Waals surface area contributed by atoms with Crippen molar-refractivity contribution in [2.24, 2.45) is 5.92 Å². The van der Waals surface area contributed by atoms with E-state index in [9.17, 15) is 18.7 Å². The van der Waals surface area contributed by atoms with Crippen molar-refractivity contribution in [3.05, 3.63) is 35.4 Å². The van der Waals surface area contributed by atoms with Crippen LogP contribution in [0.15, 0.2) is 18.2 Å². The molecule has 3 nitrogen and oxygen atoms in total. The molecule has 0 radical (unpaired) electrons. The van der Waals surface area contributed by atoms with Crippen LogP contribution in [-0.4, -0.2) is 29.6 Å². The van der Waals surface area contributed by atoms with E-state index in [0.29, 0.717) is 11.8 Å². The van der Waals surface area contributed by atoms with Gasteiger partial charge < -0.3 is 10.4 Å². The second kappa shape index (κ2) is 7.04. The second-order valence-corrected chi connectivity index (χ2v) is 5.88. The van der Waals surface area contributed by atoms with Gasteiger partial charge in [0.2, 0.25) is 5.91 Å². The third-order valence-corrected chi connectivity index (χ3v) is 3.82. The molecular weight excluding hydrogens is 284 g/mol. The van der Waals surface area contributed by atoms with Crippen LogP contribution in [0.3, 0.4) is 0 Å². The maximum absolute atomic E-state index is 13.6. The van der Waals surface area contributed by atoms with Crippen LogP contribution in [0.1, 0.15) is 19.4 Å². The lowest BCUT2D eigenvalue weighted by Crippen LogP contribution is -2.41. The van der Waals surface area contributed by atoms with E-state index in [1.54, 1.807) is 18.7 Å². The Morgan fingerprint density at radius 3 is 2.70 bits per heavy atom. The minimum Gasteiger partial charge on any atom is -0.383 e. The third-order valence-electron chi connectivity index (χ3n) is 2.98. The molecular formula is C14H19F2NO2S. The molecule has 2 atom stereocenters. The fourth-order valence-electron chi connectivity index (χ4n) is 1.78. The van der Waals surface area contributed by atoms with E-state index in [1.165, 1.54) is 13.0 Å². The van der Waals surface area contributed by atoms with Crippen LogP contribution in [0.4, 0.5) is 8.78 Å². The Hall–Kier alpha value is -1.14. The Balaban J connectivity index is 2.72. The number of rotatable bonds is 6. The molecule has 1 aromatic carbocycles. The van der Waals surface area contributed by atoms with Gasteiger partial charge in [-0.05, 0) is 19.2 Å². The van der Waals surface area contributed by atoms with Gasteiger partial charge in [-0.2, -0.15) is 11.8 Å². The van der Waals surface area contributed by atoms with Crippen LogP contribution in [0.25, 0.3) is 0 Å². The number of hydrogen-bond acceptors (Lipinski definition) is 3. The molecule has 6 heteroatoms. The minimum absolute atomic E-state index is 0.0447. The number of halogens is 2. The van der Waals surface area contributed by atoms with Crippen molar-refractivity contribution >= 4 is 17.7 Å². The lowest BCUT2D eigenvalue weighted by Gasteiger charge is -2.25. The van der Waals surface area contributed by atoms with Crippen molar-refractivity contribution in [3.8, 4) is 0 Å². The van der Waals surface area contributed by atoms with E-state index in [4.69, 9.17) is 0 Å². The van der Waals surface area contributed by atoms with Crippen molar-refractivity contribution in [2.45, 2.75) is 19.4 Å². The maximum atomic E-state index is 13.6. The average Bonchev–Trinajstić information content (AvgIpc) is 2.35. The van der Waals surface area contributed by atoms with Crippen LogP contribution in [0, 0.1) is 17.6 Å². The maximum Gasteiger partial charge on any atom is 0.223 e. The topological polar surface area (TPSA) is 49.3 Å². The Bertz CT molecular complexity index is 480. The third kappa shape index (κ3) is 4.45. The zero-order chi connectivity index (χ0) is 15.3. The first kappa shape index (κ1) is 16.9. The number of benzene rings is 1. The molecule has 1 rings (SSSR count). The molecule has 0 spiro atoms. The summed E-state index contributed by atoms with van der Waals surface area (Å²) in [6, 6.07) is 2.97. The molecule has 0 saturated heterocycles. The Kier molecular flexibility index (Phi) is 5.95. The number of thioether (sulfide) groups is 1. The van der Waals surface area contributed by atoms with Gasteiger partial charge in [0.15, 0.2) is 0 Å². The van der Waals surface area contributed by atoms with Gasteiger partial charge in [0.1, 0.15) is 17.2 Å². The van der Waals surface area contributed by atoms with Crippen LogP contribution in [0.2, 0.25) is 0 Å².